The molecule has 16 heteroatoms. The number of nitrogens with zero attached hydrogens (tertiary/aromatic N) is 1. The Balaban J connectivity index is 5.57. The van der Waals surface area contributed by atoms with Crippen molar-refractivity contribution in [2.75, 3.05) is 13.1 Å². The summed E-state index contributed by atoms with van der Waals surface area (Å²) in [4.78, 5) is 64.7. The number of carbonyl (C=O) groups is 5. The van der Waals surface area contributed by atoms with Gasteiger partial charge in [-0.25, -0.2) is 4.79 Å². The molecule has 0 aromatic heterocycles. The summed E-state index contributed by atoms with van der Waals surface area (Å²) in [6.07, 6.45) is -0.360. The molecule has 16 nitrogen and oxygen atoms in total. The van der Waals surface area contributed by atoms with E-state index in [2.05, 4.69) is 20.9 Å². The number of aliphatic hydroxyl groups is 1. The fraction of sp³-hybridized carbons (Fsp3) is 0.700. The Labute approximate surface area is 208 Å². The van der Waals surface area contributed by atoms with Crippen LogP contribution in [0, 0.1) is 0 Å². The molecule has 0 aromatic carbocycles. The van der Waals surface area contributed by atoms with Gasteiger partial charge in [0.1, 0.15) is 12.1 Å². The normalized spacial score (nSPS) is 14.9. The van der Waals surface area contributed by atoms with Crippen molar-refractivity contribution in [3.63, 3.8) is 0 Å². The van der Waals surface area contributed by atoms with E-state index in [0.717, 1.165) is 0 Å². The van der Waals surface area contributed by atoms with Crippen LogP contribution in [-0.4, -0.2) is 89.1 Å². The first-order valence-electron chi connectivity index (χ1n) is 11.4. The molecule has 15 N–H and O–H groups in total. The van der Waals surface area contributed by atoms with Crippen molar-refractivity contribution in [2.45, 2.75) is 75.7 Å². The number of carbonyl (C=O) groups excluding carboxylic acids is 4. The molecule has 0 bridgehead atoms. The highest BCUT2D eigenvalue weighted by Gasteiger charge is 2.32. The van der Waals surface area contributed by atoms with Crippen molar-refractivity contribution in [3.05, 3.63) is 0 Å². The van der Waals surface area contributed by atoms with Gasteiger partial charge in [-0.1, -0.05) is 6.42 Å². The number of aliphatic imine (C=N–C) groups is 1. The number of rotatable bonds is 18. The molecule has 0 saturated carbocycles. The number of aliphatic carboxylic acids is 1. The number of nitrogens with one attached hydrogen (secondary N) is 3. The topological polar surface area (TPSA) is 304 Å². The second kappa shape index (κ2) is 17.0. The van der Waals surface area contributed by atoms with Crippen LogP contribution in [0.25, 0.3) is 0 Å². The standard InChI is InChI=1S/C20H39N9O7/c1-10(30)15(19(35)36)29-17(33)12(6-4-8-26-20(24)25)27-18(34)13(9-14(23)31)28-16(32)11(22)5-2-3-7-21/h10-13,15,30H,2-9,21-22H2,1H3,(H2,23,31)(H,27,34)(H,28,32)(H,29,33)(H,35,36)(H4,24,25,26). The quantitative estimate of drug-likeness (QED) is 0.0467. The van der Waals surface area contributed by atoms with Crippen LogP contribution in [0.3, 0.4) is 0 Å². The first-order chi connectivity index (χ1) is 16.8. The third-order valence-corrected chi connectivity index (χ3v) is 4.97. The minimum absolute atomic E-state index is 0.0453. The van der Waals surface area contributed by atoms with E-state index in [0.29, 0.717) is 25.8 Å². The van der Waals surface area contributed by atoms with Crippen molar-refractivity contribution in [2.24, 2.45) is 33.7 Å². The molecule has 36 heavy (non-hydrogen) atoms. The summed E-state index contributed by atoms with van der Waals surface area (Å²) in [6, 6.07) is -5.39. The highest BCUT2D eigenvalue weighted by molar-refractivity contribution is 5.96. The van der Waals surface area contributed by atoms with Crippen LogP contribution >= 0.6 is 0 Å². The van der Waals surface area contributed by atoms with Crippen molar-refractivity contribution in [1.29, 1.82) is 0 Å². The summed E-state index contributed by atoms with van der Waals surface area (Å²) in [6.45, 7) is 1.69. The molecular formula is C20H39N9O7. The zero-order valence-electron chi connectivity index (χ0n) is 20.3. The SMILES string of the molecule is CC(O)C(NC(=O)C(CCCN=C(N)N)NC(=O)C(CC(N)=O)NC(=O)C(N)CCCCN)C(=O)O. The van der Waals surface area contributed by atoms with Gasteiger partial charge in [0, 0.05) is 6.54 Å². The second-order valence-electron chi connectivity index (χ2n) is 8.20. The molecule has 4 amide bonds. The smallest absolute Gasteiger partial charge is 0.328 e. The van der Waals surface area contributed by atoms with E-state index in [1.54, 1.807) is 0 Å². The van der Waals surface area contributed by atoms with Gasteiger partial charge in [-0.05, 0) is 39.2 Å². The van der Waals surface area contributed by atoms with E-state index in [1.165, 1.54) is 6.92 Å². The monoisotopic (exact) mass is 517 g/mol. The minimum Gasteiger partial charge on any atom is -0.480 e. The summed E-state index contributed by atoms with van der Waals surface area (Å²) in [7, 11) is 0. The van der Waals surface area contributed by atoms with Crippen LogP contribution in [0.2, 0.25) is 0 Å². The lowest BCUT2D eigenvalue weighted by Crippen LogP contribution is -2.58. The Bertz CT molecular complexity index is 787. The maximum absolute atomic E-state index is 12.9. The summed E-state index contributed by atoms with van der Waals surface area (Å²) < 4.78 is 0. The number of carboxylic acid groups (broad SMARTS) is 1. The van der Waals surface area contributed by atoms with E-state index in [1.807, 2.05) is 0 Å². The molecule has 0 spiro atoms. The molecule has 0 fully saturated rings. The average Bonchev–Trinajstić information content (AvgIpc) is 2.77. The molecule has 0 aromatic rings. The maximum atomic E-state index is 12.9. The second-order valence-corrected chi connectivity index (χ2v) is 8.20. The molecule has 5 atom stereocenters. The van der Waals surface area contributed by atoms with E-state index < -0.39 is 66.3 Å². The molecule has 206 valence electrons. The first-order valence-corrected chi connectivity index (χ1v) is 11.4. The number of carboxylic acids is 1. The van der Waals surface area contributed by atoms with Gasteiger partial charge in [-0.15, -0.1) is 0 Å². The van der Waals surface area contributed by atoms with Crippen LogP contribution in [0.1, 0.15) is 45.4 Å². The fourth-order valence-corrected chi connectivity index (χ4v) is 3.02. The number of hydrogen-bond acceptors (Lipinski definition) is 9. The van der Waals surface area contributed by atoms with Gasteiger partial charge in [0.05, 0.1) is 18.6 Å². The molecule has 0 saturated heterocycles. The third kappa shape index (κ3) is 13.4. The molecular weight excluding hydrogens is 478 g/mol. The van der Waals surface area contributed by atoms with Crippen LogP contribution in [0.15, 0.2) is 4.99 Å². The Morgan fingerprint density at radius 2 is 1.44 bits per heavy atom. The van der Waals surface area contributed by atoms with Gasteiger partial charge in [0.15, 0.2) is 12.0 Å². The molecule has 0 rings (SSSR count). The molecule has 0 radical (unpaired) electrons. The molecule has 0 aliphatic rings. The lowest BCUT2D eigenvalue weighted by molar-refractivity contribution is -0.145. The van der Waals surface area contributed by atoms with Gasteiger partial charge in [-0.3, -0.25) is 24.2 Å². The predicted octanol–water partition coefficient (Wildman–Crippen LogP) is -4.71. The maximum Gasteiger partial charge on any atom is 0.328 e. The van der Waals surface area contributed by atoms with Crippen LogP contribution < -0.4 is 44.6 Å². The van der Waals surface area contributed by atoms with Gasteiger partial charge in [-0.2, -0.15) is 0 Å². The number of guanidine groups is 1. The highest BCUT2D eigenvalue weighted by atomic mass is 16.4. The van der Waals surface area contributed by atoms with Gasteiger partial charge >= 0.3 is 5.97 Å². The number of amides is 4. The van der Waals surface area contributed by atoms with E-state index in [4.69, 9.17) is 28.7 Å². The van der Waals surface area contributed by atoms with Crippen molar-refractivity contribution >= 4 is 35.6 Å². The number of hydrogen-bond donors (Lipinski definition) is 10. The number of aliphatic hydroxyl groups excluding tert-OH is 1. The van der Waals surface area contributed by atoms with Crippen LogP contribution in [0.5, 0.6) is 0 Å². The van der Waals surface area contributed by atoms with Crippen LogP contribution in [0.4, 0.5) is 0 Å². The number of nitrogens with two attached hydrogens (primary N) is 5. The Morgan fingerprint density at radius 3 is 1.94 bits per heavy atom. The first kappa shape index (κ1) is 32.5. The van der Waals surface area contributed by atoms with E-state index in [-0.39, 0.29) is 25.3 Å². The Hall–Kier alpha value is -3.50. The molecule has 5 unspecified atom stereocenters. The predicted molar refractivity (Wildman–Crippen MR) is 130 cm³/mol. The van der Waals surface area contributed by atoms with Crippen molar-refractivity contribution in [3.8, 4) is 0 Å². The molecule has 0 aliphatic carbocycles. The number of unbranched alkanes of at least 4 members (excludes halogenated alkanes) is 1. The van der Waals surface area contributed by atoms with Crippen molar-refractivity contribution in [1.82, 2.24) is 16.0 Å². The third-order valence-electron chi connectivity index (χ3n) is 4.97. The highest BCUT2D eigenvalue weighted by Crippen LogP contribution is 2.05. The zero-order valence-corrected chi connectivity index (χ0v) is 20.3. The van der Waals surface area contributed by atoms with Gasteiger partial charge in [0.2, 0.25) is 23.6 Å². The summed E-state index contributed by atoms with van der Waals surface area (Å²) in [5.41, 5.74) is 27.0. The Morgan fingerprint density at radius 1 is 0.861 bits per heavy atom. The fourth-order valence-electron chi connectivity index (χ4n) is 3.02. The minimum atomic E-state index is -1.65. The summed E-state index contributed by atoms with van der Waals surface area (Å²) in [5.74, 6) is -5.15. The largest absolute Gasteiger partial charge is 0.480 e. The lowest BCUT2D eigenvalue weighted by atomic mass is 10.1. The van der Waals surface area contributed by atoms with Gasteiger partial charge in [0.25, 0.3) is 0 Å². The lowest BCUT2D eigenvalue weighted by Gasteiger charge is -2.25. The van der Waals surface area contributed by atoms with Crippen molar-refractivity contribution < 1.29 is 34.2 Å². The average molecular weight is 518 g/mol. The summed E-state index contributed by atoms with van der Waals surface area (Å²) in [5, 5.41) is 25.7. The molecule has 0 heterocycles. The van der Waals surface area contributed by atoms with E-state index >= 15 is 0 Å². The van der Waals surface area contributed by atoms with Crippen LogP contribution in [-0.2, 0) is 24.0 Å². The summed E-state index contributed by atoms with van der Waals surface area (Å²) >= 11 is 0. The van der Waals surface area contributed by atoms with Gasteiger partial charge < -0.3 is 54.8 Å². The van der Waals surface area contributed by atoms with E-state index in [9.17, 15) is 34.2 Å². The number of primary amides is 1. The molecule has 0 aliphatic heterocycles. The Kier molecular flexibility index (Phi) is 15.4. The zero-order chi connectivity index (χ0) is 27.8.